The van der Waals surface area contributed by atoms with Crippen molar-refractivity contribution in [3.8, 4) is 0 Å². The molecule has 1 aliphatic rings. The molecule has 1 aliphatic heterocycles. The van der Waals surface area contributed by atoms with Crippen LogP contribution in [0.2, 0.25) is 0 Å². The minimum atomic E-state index is -2.39. The number of alkyl halides is 2. The van der Waals surface area contributed by atoms with Gasteiger partial charge in [-0.1, -0.05) is 18.2 Å². The molecule has 1 aromatic carbocycles. The summed E-state index contributed by atoms with van der Waals surface area (Å²) in [6.07, 6.45) is -2.39. The van der Waals surface area contributed by atoms with E-state index in [0.29, 0.717) is 0 Å². The third-order valence-electron chi connectivity index (χ3n) is 3.55. The van der Waals surface area contributed by atoms with E-state index in [9.17, 15) is 8.78 Å². The largest absolute Gasteiger partial charge is 0.314 e. The second kappa shape index (κ2) is 5.33. The highest BCUT2D eigenvalue weighted by atomic mass is 19.3. The molecule has 18 heavy (non-hydrogen) atoms. The van der Waals surface area contributed by atoms with Crippen LogP contribution < -0.4 is 5.32 Å². The molecule has 0 unspecified atom stereocenters. The van der Waals surface area contributed by atoms with E-state index in [1.807, 2.05) is 6.07 Å². The summed E-state index contributed by atoms with van der Waals surface area (Å²) in [5.41, 5.74) is 1.14. The predicted molar refractivity (Wildman–Crippen MR) is 68.8 cm³/mol. The van der Waals surface area contributed by atoms with Crippen molar-refractivity contribution in [2.45, 2.75) is 32.4 Å². The van der Waals surface area contributed by atoms with Gasteiger partial charge in [0.15, 0.2) is 0 Å². The molecule has 1 fully saturated rings. The third-order valence-corrected chi connectivity index (χ3v) is 3.55. The van der Waals surface area contributed by atoms with Crippen LogP contribution >= 0.6 is 0 Å². The lowest BCUT2D eigenvalue weighted by Crippen LogP contribution is -2.57. The van der Waals surface area contributed by atoms with E-state index in [2.05, 4.69) is 24.1 Å². The first-order valence-electron chi connectivity index (χ1n) is 6.32. The van der Waals surface area contributed by atoms with Gasteiger partial charge in [0, 0.05) is 37.3 Å². The molecule has 0 aromatic heterocycles. The van der Waals surface area contributed by atoms with Crippen LogP contribution in [0.4, 0.5) is 8.78 Å². The molecule has 0 radical (unpaired) electrons. The van der Waals surface area contributed by atoms with Gasteiger partial charge in [-0.05, 0) is 25.5 Å². The van der Waals surface area contributed by atoms with E-state index in [1.165, 1.54) is 6.07 Å². The van der Waals surface area contributed by atoms with Gasteiger partial charge in [0.25, 0.3) is 6.43 Å². The van der Waals surface area contributed by atoms with Gasteiger partial charge in [-0.25, -0.2) is 8.78 Å². The Kier molecular flexibility index (Phi) is 3.97. The van der Waals surface area contributed by atoms with E-state index < -0.39 is 6.43 Å². The smallest absolute Gasteiger partial charge is 0.263 e. The number of halogens is 2. The number of nitrogens with one attached hydrogen (secondary N) is 1. The van der Waals surface area contributed by atoms with Crippen LogP contribution in [-0.4, -0.2) is 30.1 Å². The summed E-state index contributed by atoms with van der Waals surface area (Å²) < 4.78 is 25.3. The Bertz CT molecular complexity index is 405. The molecule has 0 saturated carbocycles. The molecule has 100 valence electrons. The number of nitrogens with zero attached hydrogens (tertiary/aromatic N) is 1. The molecule has 1 saturated heterocycles. The SMILES string of the molecule is CC1(C)CNCCN1Cc1cccc(C(F)F)c1. The molecule has 1 heterocycles. The maximum Gasteiger partial charge on any atom is 0.263 e. The van der Waals surface area contributed by atoms with Crippen LogP contribution in [0.25, 0.3) is 0 Å². The van der Waals surface area contributed by atoms with Gasteiger partial charge in [0.1, 0.15) is 0 Å². The zero-order chi connectivity index (χ0) is 13.2. The summed E-state index contributed by atoms with van der Waals surface area (Å²) >= 11 is 0. The topological polar surface area (TPSA) is 15.3 Å². The van der Waals surface area contributed by atoms with Crippen LogP contribution in [0, 0.1) is 0 Å². The van der Waals surface area contributed by atoms with E-state index in [1.54, 1.807) is 12.1 Å². The van der Waals surface area contributed by atoms with Crippen molar-refractivity contribution in [3.05, 3.63) is 35.4 Å². The van der Waals surface area contributed by atoms with Crippen LogP contribution in [0.3, 0.4) is 0 Å². The number of rotatable bonds is 3. The summed E-state index contributed by atoms with van der Waals surface area (Å²) in [5, 5.41) is 3.36. The Labute approximate surface area is 107 Å². The highest BCUT2D eigenvalue weighted by Gasteiger charge is 2.29. The molecule has 0 bridgehead atoms. The van der Waals surface area contributed by atoms with Gasteiger partial charge in [0.05, 0.1) is 0 Å². The van der Waals surface area contributed by atoms with Gasteiger partial charge < -0.3 is 5.32 Å². The molecule has 0 atom stereocenters. The minimum Gasteiger partial charge on any atom is -0.314 e. The molecule has 0 aliphatic carbocycles. The van der Waals surface area contributed by atoms with Crippen molar-refractivity contribution < 1.29 is 8.78 Å². The first kappa shape index (κ1) is 13.4. The van der Waals surface area contributed by atoms with Crippen molar-refractivity contribution in [1.82, 2.24) is 10.2 Å². The first-order chi connectivity index (χ1) is 8.49. The average Bonchev–Trinajstić information content (AvgIpc) is 2.32. The predicted octanol–water partition coefficient (Wildman–Crippen LogP) is 2.81. The highest BCUT2D eigenvalue weighted by molar-refractivity contribution is 5.24. The monoisotopic (exact) mass is 254 g/mol. The second-order valence-electron chi connectivity index (χ2n) is 5.46. The van der Waals surface area contributed by atoms with E-state index in [-0.39, 0.29) is 11.1 Å². The Morgan fingerprint density at radius 2 is 2.17 bits per heavy atom. The van der Waals surface area contributed by atoms with Gasteiger partial charge in [-0.2, -0.15) is 0 Å². The second-order valence-corrected chi connectivity index (χ2v) is 5.46. The van der Waals surface area contributed by atoms with Crippen molar-refractivity contribution in [2.75, 3.05) is 19.6 Å². The zero-order valence-electron chi connectivity index (χ0n) is 10.9. The van der Waals surface area contributed by atoms with Crippen LogP contribution in [0.5, 0.6) is 0 Å². The molecule has 2 rings (SSSR count). The molecule has 0 amide bonds. The molecule has 4 heteroatoms. The quantitative estimate of drug-likeness (QED) is 0.892. The normalized spacial score (nSPS) is 20.3. The maximum absolute atomic E-state index is 12.7. The van der Waals surface area contributed by atoms with Gasteiger partial charge in [-0.15, -0.1) is 0 Å². The van der Waals surface area contributed by atoms with Crippen molar-refractivity contribution in [2.24, 2.45) is 0 Å². The van der Waals surface area contributed by atoms with Gasteiger partial charge in [-0.3, -0.25) is 4.90 Å². The molecular formula is C14H20F2N2. The molecule has 1 N–H and O–H groups in total. The summed E-state index contributed by atoms with van der Waals surface area (Å²) in [6.45, 7) is 7.92. The van der Waals surface area contributed by atoms with Crippen LogP contribution in [0.15, 0.2) is 24.3 Å². The molecule has 2 nitrogen and oxygen atoms in total. The number of hydrogen-bond acceptors (Lipinski definition) is 2. The summed E-state index contributed by atoms with van der Waals surface area (Å²) in [6, 6.07) is 6.73. The van der Waals surface area contributed by atoms with Crippen molar-refractivity contribution in [1.29, 1.82) is 0 Å². The van der Waals surface area contributed by atoms with E-state index in [4.69, 9.17) is 0 Å². The van der Waals surface area contributed by atoms with Crippen molar-refractivity contribution >= 4 is 0 Å². The van der Waals surface area contributed by atoms with Crippen LogP contribution in [-0.2, 0) is 6.54 Å². The minimum absolute atomic E-state index is 0.0685. The fourth-order valence-electron chi connectivity index (χ4n) is 2.36. The molecule has 0 spiro atoms. The molecular weight excluding hydrogens is 234 g/mol. The highest BCUT2D eigenvalue weighted by Crippen LogP contribution is 2.23. The zero-order valence-corrected chi connectivity index (χ0v) is 10.9. The lowest BCUT2D eigenvalue weighted by atomic mass is 9.99. The standard InChI is InChI=1S/C14H20F2N2/c1-14(2)10-17-6-7-18(14)9-11-4-3-5-12(8-11)13(15)16/h3-5,8,13,17H,6-7,9-10H2,1-2H3. The summed E-state index contributed by atoms with van der Waals surface area (Å²) in [7, 11) is 0. The maximum atomic E-state index is 12.7. The fourth-order valence-corrected chi connectivity index (χ4v) is 2.36. The van der Waals surface area contributed by atoms with Crippen LogP contribution in [0.1, 0.15) is 31.4 Å². The Balaban J connectivity index is 2.11. The number of benzene rings is 1. The summed E-state index contributed by atoms with van der Waals surface area (Å²) in [5.74, 6) is 0. The lowest BCUT2D eigenvalue weighted by molar-refractivity contribution is 0.0825. The lowest BCUT2D eigenvalue weighted by Gasteiger charge is -2.43. The van der Waals surface area contributed by atoms with E-state index in [0.717, 1.165) is 31.7 Å². The number of hydrogen-bond donors (Lipinski definition) is 1. The first-order valence-corrected chi connectivity index (χ1v) is 6.32. The Morgan fingerprint density at radius 3 is 2.83 bits per heavy atom. The number of piperazine rings is 1. The van der Waals surface area contributed by atoms with E-state index >= 15 is 0 Å². The fraction of sp³-hybridized carbons (Fsp3) is 0.571. The molecule has 1 aromatic rings. The van der Waals surface area contributed by atoms with Gasteiger partial charge >= 0.3 is 0 Å². The third kappa shape index (κ3) is 3.06. The van der Waals surface area contributed by atoms with Gasteiger partial charge in [0.2, 0.25) is 0 Å². The Morgan fingerprint density at radius 1 is 1.39 bits per heavy atom. The Hall–Kier alpha value is -1.00. The summed E-state index contributed by atoms with van der Waals surface area (Å²) in [4.78, 5) is 2.34. The average molecular weight is 254 g/mol. The van der Waals surface area contributed by atoms with Crippen molar-refractivity contribution in [3.63, 3.8) is 0 Å².